The molecule has 0 atom stereocenters. The van der Waals surface area contributed by atoms with Crippen LogP contribution in [0.3, 0.4) is 0 Å². The smallest absolute Gasteiger partial charge is 0.234 e. The van der Waals surface area contributed by atoms with E-state index in [1.165, 1.54) is 16.8 Å². The summed E-state index contributed by atoms with van der Waals surface area (Å²) < 4.78 is 14.6. The maximum atomic E-state index is 13.4. The van der Waals surface area contributed by atoms with Gasteiger partial charge < -0.3 is 11.2 Å². The molecular weight excluding hydrogens is 353 g/mol. The quantitative estimate of drug-likeness (QED) is 0.532. The Morgan fingerprint density at radius 3 is 2.77 bits per heavy atom. The first-order valence-corrected chi connectivity index (χ1v) is 8.89. The van der Waals surface area contributed by atoms with E-state index in [1.54, 1.807) is 12.1 Å². The van der Waals surface area contributed by atoms with E-state index in [0.29, 0.717) is 16.5 Å². The number of nitrogens with two attached hydrogens (primary N) is 1. The normalized spacial score (nSPS) is 10.7. The minimum atomic E-state index is -0.382. The highest BCUT2D eigenvalue weighted by atomic mass is 32.2. The number of nitrogens with zero attached hydrogens (tertiary/aromatic N) is 3. The van der Waals surface area contributed by atoms with Gasteiger partial charge in [0.15, 0.2) is 5.82 Å². The molecule has 0 spiro atoms. The number of carbonyl (C=O) groups excluding carboxylic acids is 1. The van der Waals surface area contributed by atoms with Crippen LogP contribution in [0.4, 0.5) is 10.1 Å². The highest BCUT2D eigenvalue weighted by molar-refractivity contribution is 7.99. The van der Waals surface area contributed by atoms with E-state index in [1.807, 2.05) is 32.0 Å². The van der Waals surface area contributed by atoms with Gasteiger partial charge in [0.05, 0.1) is 5.75 Å². The molecule has 1 aromatic heterocycles. The molecule has 0 radical (unpaired) electrons. The van der Waals surface area contributed by atoms with Gasteiger partial charge in [0.25, 0.3) is 0 Å². The second-order valence-corrected chi connectivity index (χ2v) is 6.71. The Kier molecular flexibility index (Phi) is 5.22. The van der Waals surface area contributed by atoms with Gasteiger partial charge in [-0.15, -0.1) is 10.2 Å². The summed E-state index contributed by atoms with van der Waals surface area (Å²) in [5.74, 6) is 5.90. The Bertz CT molecular complexity index is 957. The molecule has 0 bridgehead atoms. The summed E-state index contributed by atoms with van der Waals surface area (Å²) in [6.45, 7) is 3.95. The minimum Gasteiger partial charge on any atom is -0.335 e. The summed E-state index contributed by atoms with van der Waals surface area (Å²) in [5.41, 5.74) is 3.44. The van der Waals surface area contributed by atoms with Crippen molar-refractivity contribution in [1.82, 2.24) is 14.9 Å². The van der Waals surface area contributed by atoms with Crippen LogP contribution in [0.1, 0.15) is 11.1 Å². The van der Waals surface area contributed by atoms with E-state index in [9.17, 15) is 9.18 Å². The van der Waals surface area contributed by atoms with E-state index < -0.39 is 0 Å². The lowest BCUT2D eigenvalue weighted by molar-refractivity contribution is -0.113. The molecule has 3 aromatic rings. The van der Waals surface area contributed by atoms with Gasteiger partial charge in [-0.25, -0.2) is 9.07 Å². The average molecular weight is 371 g/mol. The fourth-order valence-electron chi connectivity index (χ4n) is 2.40. The van der Waals surface area contributed by atoms with Gasteiger partial charge in [-0.1, -0.05) is 36.0 Å². The Morgan fingerprint density at radius 1 is 1.23 bits per heavy atom. The summed E-state index contributed by atoms with van der Waals surface area (Å²) in [7, 11) is 0. The lowest BCUT2D eigenvalue weighted by Crippen LogP contribution is -2.17. The molecule has 0 saturated heterocycles. The molecule has 0 aliphatic heterocycles. The first kappa shape index (κ1) is 17.9. The van der Waals surface area contributed by atoms with Crippen LogP contribution in [0.15, 0.2) is 47.6 Å². The first-order valence-electron chi connectivity index (χ1n) is 7.91. The number of rotatable bonds is 5. The SMILES string of the molecule is Cc1cccc(NC(=O)CSc2nnc(-c3cccc(F)c3)n2N)c1C. The number of amides is 1. The maximum Gasteiger partial charge on any atom is 0.234 e. The summed E-state index contributed by atoms with van der Waals surface area (Å²) in [4.78, 5) is 12.2. The van der Waals surface area contributed by atoms with Crippen LogP contribution in [0.25, 0.3) is 11.4 Å². The van der Waals surface area contributed by atoms with E-state index in [0.717, 1.165) is 28.6 Å². The number of nitrogens with one attached hydrogen (secondary N) is 1. The largest absolute Gasteiger partial charge is 0.335 e. The molecule has 26 heavy (non-hydrogen) atoms. The molecule has 0 aliphatic rings. The van der Waals surface area contributed by atoms with Gasteiger partial charge in [0.1, 0.15) is 5.82 Å². The Balaban J connectivity index is 1.67. The van der Waals surface area contributed by atoms with Crippen molar-refractivity contribution in [3.05, 3.63) is 59.4 Å². The zero-order chi connectivity index (χ0) is 18.7. The van der Waals surface area contributed by atoms with Gasteiger partial charge >= 0.3 is 0 Å². The number of carbonyl (C=O) groups is 1. The lowest BCUT2D eigenvalue weighted by atomic mass is 10.1. The van der Waals surface area contributed by atoms with Crippen molar-refractivity contribution in [2.24, 2.45) is 0 Å². The van der Waals surface area contributed by atoms with Crippen molar-refractivity contribution >= 4 is 23.4 Å². The number of halogens is 1. The average Bonchev–Trinajstić information content (AvgIpc) is 2.98. The third-order valence-corrected chi connectivity index (χ3v) is 4.90. The zero-order valence-electron chi connectivity index (χ0n) is 14.4. The van der Waals surface area contributed by atoms with Crippen LogP contribution in [-0.2, 0) is 4.79 Å². The van der Waals surface area contributed by atoms with Gasteiger partial charge in [0.2, 0.25) is 11.1 Å². The molecule has 1 amide bonds. The summed E-state index contributed by atoms with van der Waals surface area (Å²) in [6, 6.07) is 11.7. The molecule has 134 valence electrons. The second kappa shape index (κ2) is 7.57. The molecule has 3 N–H and O–H groups in total. The molecule has 1 heterocycles. The highest BCUT2D eigenvalue weighted by Gasteiger charge is 2.14. The van der Waals surface area contributed by atoms with Crippen molar-refractivity contribution in [2.75, 3.05) is 16.9 Å². The summed E-state index contributed by atoms with van der Waals surface area (Å²) in [5, 5.41) is 11.2. The predicted molar refractivity (Wildman–Crippen MR) is 101 cm³/mol. The van der Waals surface area contributed by atoms with Crippen LogP contribution in [0.5, 0.6) is 0 Å². The lowest BCUT2D eigenvalue weighted by Gasteiger charge is -2.10. The van der Waals surface area contributed by atoms with Crippen molar-refractivity contribution in [3.63, 3.8) is 0 Å². The molecule has 3 rings (SSSR count). The molecule has 8 heteroatoms. The van der Waals surface area contributed by atoms with Gasteiger partial charge in [-0.2, -0.15) is 0 Å². The molecule has 0 fully saturated rings. The van der Waals surface area contributed by atoms with Gasteiger partial charge in [-0.3, -0.25) is 4.79 Å². The number of nitrogen functional groups attached to an aromatic ring is 1. The first-order chi connectivity index (χ1) is 12.5. The fraction of sp³-hybridized carbons (Fsp3) is 0.167. The number of hydrogen-bond donors (Lipinski definition) is 2. The fourth-order valence-corrected chi connectivity index (χ4v) is 3.06. The van der Waals surface area contributed by atoms with Crippen LogP contribution in [0, 0.1) is 19.7 Å². The third kappa shape index (κ3) is 3.85. The molecule has 0 saturated carbocycles. The molecule has 0 aliphatic carbocycles. The van der Waals surface area contributed by atoms with E-state index in [-0.39, 0.29) is 17.5 Å². The second-order valence-electron chi connectivity index (χ2n) is 5.77. The van der Waals surface area contributed by atoms with Crippen LogP contribution >= 0.6 is 11.8 Å². The molecular formula is C18H18FN5OS. The highest BCUT2D eigenvalue weighted by Crippen LogP contribution is 2.23. The van der Waals surface area contributed by atoms with Crippen molar-refractivity contribution < 1.29 is 9.18 Å². The van der Waals surface area contributed by atoms with Crippen LogP contribution < -0.4 is 11.2 Å². The number of hydrogen-bond acceptors (Lipinski definition) is 5. The number of aromatic nitrogens is 3. The number of thioether (sulfide) groups is 1. The third-order valence-electron chi connectivity index (χ3n) is 3.96. The monoisotopic (exact) mass is 371 g/mol. The predicted octanol–water partition coefficient (Wildman–Crippen LogP) is 3.15. The number of benzene rings is 2. The summed E-state index contributed by atoms with van der Waals surface area (Å²) >= 11 is 1.16. The van der Waals surface area contributed by atoms with E-state index in [4.69, 9.17) is 5.84 Å². The Morgan fingerprint density at radius 2 is 2.00 bits per heavy atom. The van der Waals surface area contributed by atoms with Crippen LogP contribution in [0.2, 0.25) is 0 Å². The topological polar surface area (TPSA) is 85.8 Å². The Hall–Kier alpha value is -2.87. The maximum absolute atomic E-state index is 13.4. The van der Waals surface area contributed by atoms with Crippen molar-refractivity contribution in [2.45, 2.75) is 19.0 Å². The van der Waals surface area contributed by atoms with Gasteiger partial charge in [0, 0.05) is 11.3 Å². The van der Waals surface area contributed by atoms with E-state index >= 15 is 0 Å². The molecule has 6 nitrogen and oxygen atoms in total. The number of aryl methyl sites for hydroxylation is 1. The van der Waals surface area contributed by atoms with E-state index in [2.05, 4.69) is 15.5 Å². The molecule has 2 aromatic carbocycles. The number of anilines is 1. The summed E-state index contributed by atoms with van der Waals surface area (Å²) in [6.07, 6.45) is 0. The van der Waals surface area contributed by atoms with Crippen molar-refractivity contribution in [3.8, 4) is 11.4 Å². The van der Waals surface area contributed by atoms with Gasteiger partial charge in [-0.05, 0) is 43.2 Å². The Labute approximate surface area is 154 Å². The standard InChI is InChI=1S/C18H18FN5OS/c1-11-5-3-8-15(12(11)2)21-16(25)10-26-18-23-22-17(24(18)20)13-6-4-7-14(19)9-13/h3-9H,10,20H2,1-2H3,(H,21,25). The van der Waals surface area contributed by atoms with Crippen molar-refractivity contribution in [1.29, 1.82) is 0 Å². The molecule has 0 unspecified atom stereocenters. The minimum absolute atomic E-state index is 0.131. The van der Waals surface area contributed by atoms with Crippen LogP contribution in [-0.4, -0.2) is 26.5 Å². The zero-order valence-corrected chi connectivity index (χ0v) is 15.2.